The largest absolute Gasteiger partial charge is 0.496 e. The van der Waals surface area contributed by atoms with E-state index in [4.69, 9.17) is 9.72 Å². The predicted octanol–water partition coefficient (Wildman–Crippen LogP) is 2.67. The number of carbonyl (C=O) groups excluding carboxylic acids is 3. The SMILES string of the molecule is COc1cc(-c2ccc3c(c2)CN(C2CCC(=O)NC2=O)C3=O)nc2ccccc12. The van der Waals surface area contributed by atoms with E-state index in [1.165, 1.54) is 0 Å². The first-order valence-electron chi connectivity index (χ1n) is 9.77. The van der Waals surface area contributed by atoms with Crippen LogP contribution >= 0.6 is 0 Å². The number of nitrogens with zero attached hydrogens (tertiary/aromatic N) is 2. The molecule has 3 aromatic rings. The van der Waals surface area contributed by atoms with Crippen molar-refractivity contribution in [1.82, 2.24) is 15.2 Å². The summed E-state index contributed by atoms with van der Waals surface area (Å²) < 4.78 is 5.54. The zero-order valence-corrected chi connectivity index (χ0v) is 16.3. The summed E-state index contributed by atoms with van der Waals surface area (Å²) >= 11 is 0. The summed E-state index contributed by atoms with van der Waals surface area (Å²) in [4.78, 5) is 42.8. The Morgan fingerprint density at radius 2 is 1.93 bits per heavy atom. The number of aromatic nitrogens is 1. The molecule has 2 aliphatic heterocycles. The summed E-state index contributed by atoms with van der Waals surface area (Å²) in [5.74, 6) is -0.153. The van der Waals surface area contributed by atoms with Gasteiger partial charge in [0.15, 0.2) is 0 Å². The number of pyridine rings is 1. The molecule has 3 heterocycles. The Balaban J connectivity index is 1.50. The normalized spacial score (nSPS) is 18.5. The molecule has 0 spiro atoms. The van der Waals surface area contributed by atoms with Crippen LogP contribution in [-0.4, -0.2) is 40.8 Å². The molecule has 1 aromatic heterocycles. The monoisotopic (exact) mass is 401 g/mol. The van der Waals surface area contributed by atoms with Crippen LogP contribution in [0.5, 0.6) is 5.75 Å². The molecular weight excluding hydrogens is 382 g/mol. The van der Waals surface area contributed by atoms with Crippen LogP contribution in [0.2, 0.25) is 0 Å². The fraction of sp³-hybridized carbons (Fsp3) is 0.217. The van der Waals surface area contributed by atoms with Gasteiger partial charge in [0, 0.05) is 35.5 Å². The van der Waals surface area contributed by atoms with Crippen molar-refractivity contribution < 1.29 is 19.1 Å². The molecule has 1 saturated heterocycles. The number of nitrogens with one attached hydrogen (secondary N) is 1. The maximum absolute atomic E-state index is 12.9. The van der Waals surface area contributed by atoms with Crippen molar-refractivity contribution in [3.8, 4) is 17.0 Å². The number of carbonyl (C=O) groups is 3. The summed E-state index contributed by atoms with van der Waals surface area (Å²) in [5, 5.41) is 3.26. The highest BCUT2D eigenvalue weighted by atomic mass is 16.5. The summed E-state index contributed by atoms with van der Waals surface area (Å²) in [5.41, 5.74) is 3.87. The minimum atomic E-state index is -0.620. The van der Waals surface area contributed by atoms with Crippen LogP contribution in [0.1, 0.15) is 28.8 Å². The van der Waals surface area contributed by atoms with Gasteiger partial charge >= 0.3 is 0 Å². The third-order valence-corrected chi connectivity index (χ3v) is 5.72. The first-order valence-corrected chi connectivity index (χ1v) is 9.77. The van der Waals surface area contributed by atoms with Crippen molar-refractivity contribution in [3.05, 3.63) is 59.7 Å². The third kappa shape index (κ3) is 2.90. The van der Waals surface area contributed by atoms with Crippen LogP contribution in [-0.2, 0) is 16.1 Å². The van der Waals surface area contributed by atoms with E-state index in [2.05, 4.69) is 5.32 Å². The molecule has 2 aliphatic rings. The van der Waals surface area contributed by atoms with Crippen LogP contribution in [0.15, 0.2) is 48.5 Å². The molecule has 0 saturated carbocycles. The van der Waals surface area contributed by atoms with Crippen molar-refractivity contribution >= 4 is 28.6 Å². The van der Waals surface area contributed by atoms with Gasteiger partial charge in [-0.2, -0.15) is 0 Å². The smallest absolute Gasteiger partial charge is 0.255 e. The molecule has 1 fully saturated rings. The van der Waals surface area contributed by atoms with Gasteiger partial charge in [-0.05, 0) is 36.2 Å². The Morgan fingerprint density at radius 3 is 2.73 bits per heavy atom. The maximum atomic E-state index is 12.9. The Labute approximate surface area is 172 Å². The van der Waals surface area contributed by atoms with E-state index in [9.17, 15) is 14.4 Å². The Hall–Kier alpha value is -3.74. The van der Waals surface area contributed by atoms with Crippen LogP contribution in [0.25, 0.3) is 22.2 Å². The van der Waals surface area contributed by atoms with Gasteiger partial charge in [0.1, 0.15) is 11.8 Å². The fourth-order valence-corrected chi connectivity index (χ4v) is 4.19. The van der Waals surface area contributed by atoms with Gasteiger partial charge < -0.3 is 9.64 Å². The molecule has 7 heteroatoms. The molecule has 0 radical (unpaired) electrons. The first kappa shape index (κ1) is 18.3. The van der Waals surface area contributed by atoms with Gasteiger partial charge in [-0.3, -0.25) is 19.7 Å². The fourth-order valence-electron chi connectivity index (χ4n) is 4.19. The quantitative estimate of drug-likeness (QED) is 0.682. The number of para-hydroxylation sites is 1. The average molecular weight is 401 g/mol. The molecular formula is C23H19N3O4. The van der Waals surface area contributed by atoms with Crippen molar-refractivity contribution in [2.24, 2.45) is 0 Å². The van der Waals surface area contributed by atoms with E-state index in [-0.39, 0.29) is 18.2 Å². The van der Waals surface area contributed by atoms with Gasteiger partial charge in [0.05, 0.1) is 18.3 Å². The molecule has 7 nitrogen and oxygen atoms in total. The Morgan fingerprint density at radius 1 is 1.10 bits per heavy atom. The lowest BCUT2D eigenvalue weighted by Gasteiger charge is -2.29. The van der Waals surface area contributed by atoms with Crippen molar-refractivity contribution in [1.29, 1.82) is 0 Å². The highest BCUT2D eigenvalue weighted by Gasteiger charge is 2.39. The number of rotatable bonds is 3. The minimum Gasteiger partial charge on any atom is -0.496 e. The number of hydrogen-bond acceptors (Lipinski definition) is 5. The van der Waals surface area contributed by atoms with Crippen LogP contribution in [0.4, 0.5) is 0 Å². The second-order valence-electron chi connectivity index (χ2n) is 7.50. The van der Waals surface area contributed by atoms with E-state index in [1.807, 2.05) is 42.5 Å². The van der Waals surface area contributed by atoms with Gasteiger partial charge in [0.25, 0.3) is 5.91 Å². The summed E-state index contributed by atoms with van der Waals surface area (Å²) in [6.45, 7) is 0.332. The number of methoxy groups -OCH3 is 1. The van der Waals surface area contributed by atoms with Crippen LogP contribution in [0, 0.1) is 0 Å². The van der Waals surface area contributed by atoms with E-state index < -0.39 is 11.9 Å². The molecule has 0 aliphatic carbocycles. The Kier molecular flexibility index (Phi) is 4.24. The second-order valence-corrected chi connectivity index (χ2v) is 7.50. The standard InChI is InChI=1S/C23H19N3O4/c1-30-20-11-18(24-17-5-3-2-4-16(17)20)13-6-7-15-14(10-13)12-26(23(15)29)19-8-9-21(27)25-22(19)28/h2-7,10-11,19H,8-9,12H2,1H3,(H,25,27,28). The maximum Gasteiger partial charge on any atom is 0.255 e. The molecule has 1 N–H and O–H groups in total. The lowest BCUT2D eigenvalue weighted by Crippen LogP contribution is -2.52. The lowest BCUT2D eigenvalue weighted by molar-refractivity contribution is -0.136. The second kappa shape index (κ2) is 6.95. The Bertz CT molecular complexity index is 1220. The number of benzene rings is 2. The average Bonchev–Trinajstić information content (AvgIpc) is 3.08. The predicted molar refractivity (Wildman–Crippen MR) is 110 cm³/mol. The molecule has 0 bridgehead atoms. The molecule has 5 rings (SSSR count). The number of hydrogen-bond donors (Lipinski definition) is 1. The van der Waals surface area contributed by atoms with Gasteiger partial charge in [0.2, 0.25) is 11.8 Å². The van der Waals surface area contributed by atoms with E-state index in [1.54, 1.807) is 18.1 Å². The number of amides is 3. The highest BCUT2D eigenvalue weighted by molar-refractivity contribution is 6.05. The summed E-state index contributed by atoms with van der Waals surface area (Å²) in [7, 11) is 1.63. The minimum absolute atomic E-state index is 0.185. The number of ether oxygens (including phenoxy) is 1. The van der Waals surface area contributed by atoms with Gasteiger partial charge in [-0.25, -0.2) is 4.98 Å². The summed E-state index contributed by atoms with van der Waals surface area (Å²) in [6.07, 6.45) is 0.587. The lowest BCUT2D eigenvalue weighted by atomic mass is 10.0. The van der Waals surface area contributed by atoms with Crippen LogP contribution in [0.3, 0.4) is 0 Å². The molecule has 2 aromatic carbocycles. The molecule has 1 atom stereocenters. The number of imide groups is 1. The van der Waals surface area contributed by atoms with Crippen molar-refractivity contribution in [3.63, 3.8) is 0 Å². The van der Waals surface area contributed by atoms with Crippen molar-refractivity contribution in [2.45, 2.75) is 25.4 Å². The van der Waals surface area contributed by atoms with Gasteiger partial charge in [-0.15, -0.1) is 0 Å². The topological polar surface area (TPSA) is 88.6 Å². The molecule has 150 valence electrons. The zero-order valence-electron chi connectivity index (χ0n) is 16.3. The van der Waals surface area contributed by atoms with E-state index in [0.717, 1.165) is 33.5 Å². The first-order chi connectivity index (χ1) is 14.5. The van der Waals surface area contributed by atoms with Gasteiger partial charge in [-0.1, -0.05) is 18.2 Å². The van der Waals surface area contributed by atoms with E-state index >= 15 is 0 Å². The van der Waals surface area contributed by atoms with E-state index in [0.29, 0.717) is 18.5 Å². The van der Waals surface area contributed by atoms with Crippen molar-refractivity contribution in [2.75, 3.05) is 7.11 Å². The number of piperidine rings is 1. The third-order valence-electron chi connectivity index (χ3n) is 5.72. The summed E-state index contributed by atoms with van der Waals surface area (Å²) in [6, 6.07) is 14.6. The zero-order chi connectivity index (χ0) is 20.8. The molecule has 3 amide bonds. The molecule has 30 heavy (non-hydrogen) atoms. The number of fused-ring (bicyclic) bond motifs is 2. The molecule has 1 unspecified atom stereocenters. The highest BCUT2D eigenvalue weighted by Crippen LogP contribution is 2.33. The van der Waals surface area contributed by atoms with Crippen LogP contribution < -0.4 is 10.1 Å².